The molecule has 3 heterocycles. The van der Waals surface area contributed by atoms with Crippen molar-refractivity contribution in [2.45, 2.75) is 38.3 Å². The van der Waals surface area contributed by atoms with Crippen molar-refractivity contribution in [3.8, 4) is 0 Å². The monoisotopic (exact) mass is 262 g/mol. The molecule has 0 aliphatic carbocycles. The van der Waals surface area contributed by atoms with E-state index in [0.29, 0.717) is 5.76 Å². The van der Waals surface area contributed by atoms with Crippen LogP contribution in [0.15, 0.2) is 16.5 Å². The lowest BCUT2D eigenvalue weighted by molar-refractivity contribution is 0.109. The zero-order valence-corrected chi connectivity index (χ0v) is 11.4. The molecule has 0 amide bonds. The Hall–Kier alpha value is -1.13. The molecule has 104 valence electrons. The number of likely N-dealkylation sites (tertiary alicyclic amines) is 2. The minimum Gasteiger partial charge on any atom is -0.457 e. The number of hydrogen-bond donors (Lipinski definition) is 0. The zero-order chi connectivity index (χ0) is 13.1. The molecular formula is C15H22N2O2. The third-order valence-corrected chi connectivity index (χ3v) is 4.33. The Morgan fingerprint density at radius 1 is 1.21 bits per heavy atom. The van der Waals surface area contributed by atoms with Gasteiger partial charge in [-0.1, -0.05) is 6.42 Å². The van der Waals surface area contributed by atoms with Crippen molar-refractivity contribution in [1.29, 1.82) is 0 Å². The topological polar surface area (TPSA) is 36.7 Å². The molecule has 0 aromatic carbocycles. The highest BCUT2D eigenvalue weighted by Gasteiger charge is 2.28. The molecule has 0 radical (unpaired) electrons. The van der Waals surface area contributed by atoms with Gasteiger partial charge in [0.05, 0.1) is 6.54 Å². The van der Waals surface area contributed by atoms with Gasteiger partial charge in [0, 0.05) is 19.1 Å². The summed E-state index contributed by atoms with van der Waals surface area (Å²) in [6.45, 7) is 5.65. The van der Waals surface area contributed by atoms with Gasteiger partial charge >= 0.3 is 0 Å². The van der Waals surface area contributed by atoms with Crippen LogP contribution in [0, 0.1) is 0 Å². The first-order chi connectivity index (χ1) is 9.35. The predicted octanol–water partition coefficient (Wildman–Crippen LogP) is 2.15. The van der Waals surface area contributed by atoms with Crippen LogP contribution in [-0.2, 0) is 6.54 Å². The highest BCUT2D eigenvalue weighted by molar-refractivity contribution is 5.70. The van der Waals surface area contributed by atoms with E-state index < -0.39 is 0 Å². The number of carbonyl (C=O) groups excluding carboxylic acids is 1. The van der Waals surface area contributed by atoms with Crippen LogP contribution in [0.2, 0.25) is 0 Å². The first kappa shape index (κ1) is 12.9. The second kappa shape index (κ2) is 5.88. The van der Waals surface area contributed by atoms with E-state index in [0.717, 1.165) is 37.7 Å². The quantitative estimate of drug-likeness (QED) is 0.779. The van der Waals surface area contributed by atoms with E-state index in [9.17, 15) is 4.79 Å². The Bertz CT molecular complexity index is 424. The van der Waals surface area contributed by atoms with E-state index in [1.54, 1.807) is 6.07 Å². The van der Waals surface area contributed by atoms with Crippen molar-refractivity contribution in [1.82, 2.24) is 9.80 Å². The lowest BCUT2D eigenvalue weighted by atomic mass is 10.1. The SMILES string of the molecule is O=Cc1ccc(CN2CCC(N3CCCCC3)C2)o1. The molecule has 2 aliphatic heterocycles. The van der Waals surface area contributed by atoms with Gasteiger partial charge in [0.1, 0.15) is 5.76 Å². The Morgan fingerprint density at radius 2 is 2.05 bits per heavy atom. The summed E-state index contributed by atoms with van der Waals surface area (Å²) in [6.07, 6.45) is 6.15. The maximum absolute atomic E-state index is 10.6. The average Bonchev–Trinajstić information content (AvgIpc) is 3.09. The van der Waals surface area contributed by atoms with Crippen molar-refractivity contribution < 1.29 is 9.21 Å². The third kappa shape index (κ3) is 3.07. The molecule has 2 aliphatic rings. The molecule has 2 fully saturated rings. The van der Waals surface area contributed by atoms with E-state index in [-0.39, 0.29) is 0 Å². The Labute approximate surface area is 114 Å². The molecule has 1 aromatic heterocycles. The molecule has 1 atom stereocenters. The first-order valence-corrected chi connectivity index (χ1v) is 7.35. The molecule has 2 saturated heterocycles. The Morgan fingerprint density at radius 3 is 2.79 bits per heavy atom. The van der Waals surface area contributed by atoms with E-state index in [2.05, 4.69) is 9.80 Å². The van der Waals surface area contributed by atoms with E-state index in [4.69, 9.17) is 4.42 Å². The van der Waals surface area contributed by atoms with Gasteiger partial charge in [-0.05, 0) is 44.5 Å². The van der Waals surface area contributed by atoms with E-state index >= 15 is 0 Å². The number of piperidine rings is 1. The Kier molecular flexibility index (Phi) is 3.99. The van der Waals surface area contributed by atoms with E-state index in [1.165, 1.54) is 38.8 Å². The van der Waals surface area contributed by atoms with Gasteiger partial charge in [-0.2, -0.15) is 0 Å². The second-order valence-electron chi connectivity index (χ2n) is 5.70. The standard InChI is InChI=1S/C15H22N2O2/c18-12-15-5-4-14(19-15)11-16-9-6-13(10-16)17-7-2-1-3-8-17/h4-5,12-13H,1-3,6-11H2. The van der Waals surface area contributed by atoms with Gasteiger partial charge < -0.3 is 4.42 Å². The van der Waals surface area contributed by atoms with Crippen molar-refractivity contribution >= 4 is 6.29 Å². The summed E-state index contributed by atoms with van der Waals surface area (Å²) < 4.78 is 5.45. The van der Waals surface area contributed by atoms with Crippen LogP contribution in [0.5, 0.6) is 0 Å². The van der Waals surface area contributed by atoms with Gasteiger partial charge in [-0.3, -0.25) is 14.6 Å². The van der Waals surface area contributed by atoms with Gasteiger partial charge in [0.15, 0.2) is 12.0 Å². The molecular weight excluding hydrogens is 240 g/mol. The van der Waals surface area contributed by atoms with Crippen LogP contribution in [0.3, 0.4) is 0 Å². The van der Waals surface area contributed by atoms with Crippen LogP contribution in [0.25, 0.3) is 0 Å². The molecule has 0 spiro atoms. The summed E-state index contributed by atoms with van der Waals surface area (Å²) in [5, 5.41) is 0. The van der Waals surface area contributed by atoms with Crippen molar-refractivity contribution in [3.63, 3.8) is 0 Å². The number of aldehydes is 1. The zero-order valence-electron chi connectivity index (χ0n) is 11.4. The molecule has 19 heavy (non-hydrogen) atoms. The summed E-state index contributed by atoms with van der Waals surface area (Å²) in [6, 6.07) is 4.39. The number of rotatable bonds is 4. The molecule has 0 bridgehead atoms. The number of hydrogen-bond acceptors (Lipinski definition) is 4. The summed E-state index contributed by atoms with van der Waals surface area (Å²) >= 11 is 0. The van der Waals surface area contributed by atoms with Crippen molar-refractivity contribution in [3.05, 3.63) is 23.7 Å². The molecule has 1 aromatic rings. The lowest BCUT2D eigenvalue weighted by Gasteiger charge is -2.32. The van der Waals surface area contributed by atoms with Crippen molar-refractivity contribution in [2.24, 2.45) is 0 Å². The normalized spacial score (nSPS) is 25.8. The molecule has 0 N–H and O–H groups in total. The van der Waals surface area contributed by atoms with Gasteiger partial charge in [0.2, 0.25) is 0 Å². The minimum atomic E-state index is 0.432. The minimum absolute atomic E-state index is 0.432. The highest BCUT2D eigenvalue weighted by Crippen LogP contribution is 2.21. The second-order valence-corrected chi connectivity index (χ2v) is 5.70. The van der Waals surface area contributed by atoms with Gasteiger partial charge in [-0.25, -0.2) is 0 Å². The van der Waals surface area contributed by atoms with Crippen LogP contribution in [-0.4, -0.2) is 48.3 Å². The molecule has 3 rings (SSSR count). The number of nitrogens with zero attached hydrogens (tertiary/aromatic N) is 2. The Balaban J connectivity index is 1.52. The maximum Gasteiger partial charge on any atom is 0.185 e. The third-order valence-electron chi connectivity index (χ3n) is 4.33. The molecule has 4 nitrogen and oxygen atoms in total. The van der Waals surface area contributed by atoms with Gasteiger partial charge in [0.25, 0.3) is 0 Å². The summed E-state index contributed by atoms with van der Waals surface area (Å²) in [4.78, 5) is 15.7. The summed E-state index contributed by atoms with van der Waals surface area (Å²) in [5.74, 6) is 1.34. The molecule has 1 unspecified atom stereocenters. The number of furan rings is 1. The van der Waals surface area contributed by atoms with Crippen LogP contribution < -0.4 is 0 Å². The lowest BCUT2D eigenvalue weighted by Crippen LogP contribution is -2.40. The van der Waals surface area contributed by atoms with Crippen LogP contribution in [0.1, 0.15) is 42.0 Å². The molecule has 0 saturated carbocycles. The van der Waals surface area contributed by atoms with E-state index in [1.807, 2.05) is 6.07 Å². The highest BCUT2D eigenvalue weighted by atomic mass is 16.3. The number of carbonyl (C=O) groups is 1. The maximum atomic E-state index is 10.6. The first-order valence-electron chi connectivity index (χ1n) is 7.35. The fourth-order valence-electron chi connectivity index (χ4n) is 3.30. The largest absolute Gasteiger partial charge is 0.457 e. The van der Waals surface area contributed by atoms with Gasteiger partial charge in [-0.15, -0.1) is 0 Å². The molecule has 4 heteroatoms. The fourth-order valence-corrected chi connectivity index (χ4v) is 3.30. The average molecular weight is 262 g/mol. The summed E-state index contributed by atoms with van der Waals surface area (Å²) in [5.41, 5.74) is 0. The predicted molar refractivity (Wildman–Crippen MR) is 73.2 cm³/mol. The smallest absolute Gasteiger partial charge is 0.185 e. The van der Waals surface area contributed by atoms with Crippen LogP contribution in [0.4, 0.5) is 0 Å². The van der Waals surface area contributed by atoms with Crippen molar-refractivity contribution in [2.75, 3.05) is 26.2 Å². The summed E-state index contributed by atoms with van der Waals surface area (Å²) in [7, 11) is 0. The van der Waals surface area contributed by atoms with Crippen LogP contribution >= 0.6 is 0 Å². The fraction of sp³-hybridized carbons (Fsp3) is 0.667.